The van der Waals surface area contributed by atoms with E-state index >= 15 is 0 Å². The van der Waals surface area contributed by atoms with Crippen LogP contribution in [0.4, 0.5) is 5.69 Å². The lowest BCUT2D eigenvalue weighted by Gasteiger charge is -2.06. The van der Waals surface area contributed by atoms with Gasteiger partial charge in [0.1, 0.15) is 0 Å². The van der Waals surface area contributed by atoms with Crippen molar-refractivity contribution in [3.05, 3.63) is 63.4 Å². The molecule has 1 aromatic rings. The number of Topliss-reactive ketones (excluding diaryl/α,β-unsaturated/α-hetero) is 1. The number of nitro groups is 1. The number of amides is 1. The molecule has 0 spiro atoms. The predicted octanol–water partition coefficient (Wildman–Crippen LogP) is 3.17. The Morgan fingerprint density at radius 2 is 1.88 bits per heavy atom. The van der Waals surface area contributed by atoms with Crippen LogP contribution in [-0.4, -0.2) is 29.8 Å². The Balaban J connectivity index is 2.74. The maximum Gasteiger partial charge on any atom is 0.269 e. The number of rotatable bonds is 9. The number of hydrogen-bond donors (Lipinski definition) is 1. The smallest absolute Gasteiger partial charge is 0.269 e. The first kappa shape index (κ1) is 20.2. The van der Waals surface area contributed by atoms with Crippen LogP contribution < -0.4 is 5.32 Å². The molecule has 0 atom stereocenters. The van der Waals surface area contributed by atoms with E-state index in [1.807, 2.05) is 13.8 Å². The summed E-state index contributed by atoms with van der Waals surface area (Å²) >= 11 is 0. The largest absolute Gasteiger partial charge is 0.381 e. The zero-order valence-electron chi connectivity index (χ0n) is 14.6. The zero-order chi connectivity index (χ0) is 18.8. The highest BCUT2D eigenvalue weighted by Gasteiger charge is 2.09. The van der Waals surface area contributed by atoms with Gasteiger partial charge in [0, 0.05) is 36.1 Å². The lowest BCUT2D eigenvalue weighted by Crippen LogP contribution is -2.17. The van der Waals surface area contributed by atoms with E-state index in [4.69, 9.17) is 4.74 Å². The van der Waals surface area contributed by atoms with Gasteiger partial charge in [-0.25, -0.2) is 0 Å². The molecule has 0 radical (unpaired) electrons. The van der Waals surface area contributed by atoms with Crippen LogP contribution in [0, 0.1) is 10.1 Å². The molecule has 0 aliphatic carbocycles. The highest BCUT2D eigenvalue weighted by Crippen LogP contribution is 2.13. The van der Waals surface area contributed by atoms with Crippen LogP contribution >= 0.6 is 0 Å². The van der Waals surface area contributed by atoms with Crippen LogP contribution in [0.25, 0.3) is 0 Å². The highest BCUT2D eigenvalue weighted by atomic mass is 16.6. The topological polar surface area (TPSA) is 98.5 Å². The SMILES string of the molecule is CCOCC/C(C)=C(/C=C/NC(=O)c1ccc([N+](=O)[O-])cc1)C(C)=O. The summed E-state index contributed by atoms with van der Waals surface area (Å²) in [6.07, 6.45) is 3.57. The summed E-state index contributed by atoms with van der Waals surface area (Å²) in [5.74, 6) is -0.518. The molecule has 0 aromatic heterocycles. The number of ether oxygens (including phenoxy) is 1. The maximum atomic E-state index is 12.0. The van der Waals surface area contributed by atoms with E-state index in [-0.39, 0.29) is 17.0 Å². The maximum absolute atomic E-state index is 12.0. The summed E-state index contributed by atoms with van der Waals surface area (Å²) in [5, 5.41) is 13.1. The molecule has 1 aromatic carbocycles. The van der Waals surface area contributed by atoms with Crippen molar-refractivity contribution in [2.75, 3.05) is 13.2 Å². The number of non-ortho nitro benzene ring substituents is 1. The predicted molar refractivity (Wildman–Crippen MR) is 94.2 cm³/mol. The first-order valence-corrected chi connectivity index (χ1v) is 7.87. The van der Waals surface area contributed by atoms with Gasteiger partial charge in [-0.2, -0.15) is 0 Å². The Morgan fingerprint density at radius 3 is 2.40 bits per heavy atom. The highest BCUT2D eigenvalue weighted by molar-refractivity contribution is 5.97. The number of nitrogens with zero attached hydrogens (tertiary/aromatic N) is 1. The number of ketones is 1. The molecule has 0 unspecified atom stereocenters. The van der Waals surface area contributed by atoms with Crippen LogP contribution in [0.2, 0.25) is 0 Å². The van der Waals surface area contributed by atoms with E-state index in [9.17, 15) is 19.7 Å². The average molecular weight is 346 g/mol. The molecule has 0 aliphatic heterocycles. The molecule has 0 aliphatic rings. The third-order valence-electron chi connectivity index (χ3n) is 3.47. The molecule has 1 amide bonds. The van der Waals surface area contributed by atoms with Crippen LogP contribution in [0.5, 0.6) is 0 Å². The molecule has 0 fully saturated rings. The summed E-state index contributed by atoms with van der Waals surface area (Å²) in [6, 6.07) is 5.27. The van der Waals surface area contributed by atoms with Crippen molar-refractivity contribution < 1.29 is 19.2 Å². The van der Waals surface area contributed by atoms with Gasteiger partial charge in [-0.1, -0.05) is 5.57 Å². The second-order valence-corrected chi connectivity index (χ2v) is 5.31. The molecule has 0 bridgehead atoms. The molecule has 0 heterocycles. The first-order valence-electron chi connectivity index (χ1n) is 7.87. The molecule has 0 saturated carbocycles. The van der Waals surface area contributed by atoms with Crippen molar-refractivity contribution in [3.8, 4) is 0 Å². The zero-order valence-corrected chi connectivity index (χ0v) is 14.6. The number of benzene rings is 1. The normalized spacial score (nSPS) is 12.0. The minimum atomic E-state index is -0.531. The second kappa shape index (κ2) is 10.1. The van der Waals surface area contributed by atoms with Crippen molar-refractivity contribution in [1.82, 2.24) is 5.32 Å². The summed E-state index contributed by atoms with van der Waals surface area (Å²) < 4.78 is 5.27. The van der Waals surface area contributed by atoms with Gasteiger partial charge in [-0.05, 0) is 45.4 Å². The minimum Gasteiger partial charge on any atom is -0.381 e. The molecule has 1 rings (SSSR count). The Bertz CT molecular complexity index is 690. The van der Waals surface area contributed by atoms with Crippen molar-refractivity contribution in [3.63, 3.8) is 0 Å². The van der Waals surface area contributed by atoms with Gasteiger partial charge in [-0.3, -0.25) is 19.7 Å². The molecule has 7 nitrogen and oxygen atoms in total. The van der Waals surface area contributed by atoms with E-state index in [0.29, 0.717) is 25.2 Å². The number of allylic oxidation sites excluding steroid dienone is 2. The summed E-state index contributed by atoms with van der Waals surface area (Å²) in [7, 11) is 0. The monoisotopic (exact) mass is 346 g/mol. The van der Waals surface area contributed by atoms with Crippen molar-refractivity contribution in [2.24, 2.45) is 0 Å². The summed E-state index contributed by atoms with van der Waals surface area (Å²) in [4.78, 5) is 33.8. The lowest BCUT2D eigenvalue weighted by atomic mass is 10.0. The summed E-state index contributed by atoms with van der Waals surface area (Å²) in [5.41, 5.74) is 1.60. The first-order chi connectivity index (χ1) is 11.9. The van der Waals surface area contributed by atoms with E-state index in [1.54, 1.807) is 6.08 Å². The number of hydrogen-bond acceptors (Lipinski definition) is 5. The molecule has 1 N–H and O–H groups in total. The van der Waals surface area contributed by atoms with Crippen LogP contribution in [0.3, 0.4) is 0 Å². The molecular weight excluding hydrogens is 324 g/mol. The van der Waals surface area contributed by atoms with E-state index < -0.39 is 10.8 Å². The van der Waals surface area contributed by atoms with E-state index in [2.05, 4.69) is 5.32 Å². The number of carbonyl (C=O) groups is 2. The Morgan fingerprint density at radius 1 is 1.24 bits per heavy atom. The molecule has 134 valence electrons. The van der Waals surface area contributed by atoms with Crippen molar-refractivity contribution >= 4 is 17.4 Å². The Kier molecular flexibility index (Phi) is 8.22. The lowest BCUT2D eigenvalue weighted by molar-refractivity contribution is -0.384. The van der Waals surface area contributed by atoms with E-state index in [0.717, 1.165) is 5.57 Å². The average Bonchev–Trinajstić information content (AvgIpc) is 2.58. The minimum absolute atomic E-state index is 0.0844. The second-order valence-electron chi connectivity index (χ2n) is 5.31. The fourth-order valence-corrected chi connectivity index (χ4v) is 2.08. The van der Waals surface area contributed by atoms with Crippen molar-refractivity contribution in [2.45, 2.75) is 27.2 Å². The van der Waals surface area contributed by atoms with Gasteiger partial charge in [0.15, 0.2) is 5.78 Å². The standard InChI is InChI=1S/C18H22N2O5/c1-4-25-12-10-13(2)17(14(3)21)9-11-19-18(22)15-5-7-16(8-6-15)20(23)24/h5-9,11H,4,10,12H2,1-3H3,(H,19,22)/b11-9+,17-13-. The van der Waals surface area contributed by atoms with Gasteiger partial charge in [0.25, 0.3) is 11.6 Å². The molecule has 0 saturated heterocycles. The fraction of sp³-hybridized carbons (Fsp3) is 0.333. The van der Waals surface area contributed by atoms with Gasteiger partial charge >= 0.3 is 0 Å². The van der Waals surface area contributed by atoms with Gasteiger partial charge in [0.2, 0.25) is 0 Å². The number of carbonyl (C=O) groups excluding carboxylic acids is 2. The molecular formula is C18H22N2O5. The number of nitrogens with one attached hydrogen (secondary N) is 1. The third-order valence-corrected chi connectivity index (χ3v) is 3.47. The van der Waals surface area contributed by atoms with Gasteiger partial charge < -0.3 is 10.1 Å². The third kappa shape index (κ3) is 6.68. The summed E-state index contributed by atoms with van der Waals surface area (Å²) in [6.45, 7) is 6.35. The van der Waals surface area contributed by atoms with Crippen molar-refractivity contribution in [1.29, 1.82) is 0 Å². The van der Waals surface area contributed by atoms with Crippen LogP contribution in [0.15, 0.2) is 47.7 Å². The van der Waals surface area contributed by atoms with E-state index in [1.165, 1.54) is 37.4 Å². The molecule has 7 heteroatoms. The van der Waals surface area contributed by atoms with Crippen LogP contribution in [-0.2, 0) is 9.53 Å². The Labute approximate surface area is 146 Å². The molecule has 25 heavy (non-hydrogen) atoms. The Hall–Kier alpha value is -2.80. The fourth-order valence-electron chi connectivity index (χ4n) is 2.08. The van der Waals surface area contributed by atoms with Gasteiger partial charge in [-0.15, -0.1) is 0 Å². The quantitative estimate of drug-likeness (QED) is 0.243. The number of nitro benzene ring substituents is 1. The van der Waals surface area contributed by atoms with Gasteiger partial charge in [0.05, 0.1) is 11.5 Å². The van der Waals surface area contributed by atoms with Crippen LogP contribution in [0.1, 0.15) is 37.6 Å².